The van der Waals surface area contributed by atoms with Gasteiger partial charge < -0.3 is 10.2 Å². The average molecular weight is 286 g/mol. The van der Waals surface area contributed by atoms with Crippen LogP contribution in [0.15, 0.2) is 34.9 Å². The highest BCUT2D eigenvalue weighted by Gasteiger charge is 2.58. The van der Waals surface area contributed by atoms with Crippen LogP contribution in [0, 0.1) is 17.3 Å². The number of fused-ring (bicyclic) bond motifs is 4. The highest BCUT2D eigenvalue weighted by atomic mass is 16.5. The largest absolute Gasteiger partial charge is 0.365 e. The van der Waals surface area contributed by atoms with Gasteiger partial charge in [-0.2, -0.15) is 0 Å². The summed E-state index contributed by atoms with van der Waals surface area (Å²) in [5.41, 5.74) is 3.41. The van der Waals surface area contributed by atoms with E-state index in [0.29, 0.717) is 24.7 Å². The number of carbonyl (C=O) groups excluding carboxylic acids is 1. The molecule has 0 aromatic heterocycles. The molecular formula is C18H22O3. The standard InChI is InChI=1S/C18H22O3/c1-17-8-6-14-13-5-3-12(19)10-11(13)2-4-15(14)16(17)7-9-18(17,20)21/h6,8,10,15-16,20-21H,2-5,7,9H2,1H3/t15-,16+,17+/m1/s1. The molecular weight excluding hydrogens is 264 g/mol. The van der Waals surface area contributed by atoms with E-state index in [0.717, 1.165) is 25.7 Å². The zero-order chi connectivity index (χ0) is 14.8. The molecule has 4 aliphatic carbocycles. The van der Waals surface area contributed by atoms with E-state index in [1.165, 1.54) is 16.7 Å². The van der Waals surface area contributed by atoms with Crippen LogP contribution < -0.4 is 0 Å². The minimum Gasteiger partial charge on any atom is -0.365 e. The van der Waals surface area contributed by atoms with E-state index in [1.54, 1.807) is 0 Å². The summed E-state index contributed by atoms with van der Waals surface area (Å²) in [7, 11) is 0. The van der Waals surface area contributed by atoms with Gasteiger partial charge in [0.05, 0.1) is 0 Å². The molecule has 2 N–H and O–H groups in total. The fourth-order valence-electron chi connectivity index (χ4n) is 5.01. The van der Waals surface area contributed by atoms with Crippen molar-refractivity contribution in [3.05, 3.63) is 34.9 Å². The van der Waals surface area contributed by atoms with Crippen molar-refractivity contribution in [2.45, 2.75) is 51.2 Å². The molecule has 3 atom stereocenters. The molecule has 3 nitrogen and oxygen atoms in total. The summed E-state index contributed by atoms with van der Waals surface area (Å²) < 4.78 is 0. The van der Waals surface area contributed by atoms with Crippen LogP contribution in [-0.2, 0) is 4.79 Å². The third-order valence-corrected chi connectivity index (χ3v) is 6.35. The fraction of sp³-hybridized carbons (Fsp3) is 0.611. The predicted molar refractivity (Wildman–Crippen MR) is 79.2 cm³/mol. The van der Waals surface area contributed by atoms with Crippen LogP contribution in [0.25, 0.3) is 0 Å². The molecule has 1 saturated carbocycles. The van der Waals surface area contributed by atoms with Crippen LogP contribution in [0.5, 0.6) is 0 Å². The summed E-state index contributed by atoms with van der Waals surface area (Å²) in [6, 6.07) is 0. The first-order chi connectivity index (χ1) is 9.92. The van der Waals surface area contributed by atoms with Crippen LogP contribution in [0.4, 0.5) is 0 Å². The molecule has 21 heavy (non-hydrogen) atoms. The maximum Gasteiger partial charge on any atom is 0.171 e. The molecule has 4 rings (SSSR count). The average Bonchev–Trinajstić information content (AvgIpc) is 2.69. The molecule has 1 fully saturated rings. The highest BCUT2D eigenvalue weighted by Crippen LogP contribution is 2.60. The third-order valence-electron chi connectivity index (χ3n) is 6.35. The topological polar surface area (TPSA) is 57.5 Å². The van der Waals surface area contributed by atoms with E-state index >= 15 is 0 Å². The lowest BCUT2D eigenvalue weighted by Crippen LogP contribution is -2.47. The third kappa shape index (κ3) is 1.71. The summed E-state index contributed by atoms with van der Waals surface area (Å²) in [5, 5.41) is 20.7. The normalized spacial score (nSPS) is 40.5. The van der Waals surface area contributed by atoms with E-state index in [9.17, 15) is 15.0 Å². The smallest absolute Gasteiger partial charge is 0.171 e. The Hall–Kier alpha value is -1.19. The number of hydrogen-bond donors (Lipinski definition) is 2. The number of allylic oxidation sites excluding steroid dienone is 5. The number of carbonyl (C=O) groups is 1. The second kappa shape index (κ2) is 4.17. The Kier molecular flexibility index (Phi) is 2.68. The zero-order valence-corrected chi connectivity index (χ0v) is 12.4. The first-order valence-electron chi connectivity index (χ1n) is 8.03. The molecule has 0 spiro atoms. The molecule has 0 radical (unpaired) electrons. The Bertz CT molecular complexity index is 608. The Morgan fingerprint density at radius 3 is 2.81 bits per heavy atom. The quantitative estimate of drug-likeness (QED) is 0.673. The van der Waals surface area contributed by atoms with Gasteiger partial charge in [-0.25, -0.2) is 0 Å². The fourth-order valence-corrected chi connectivity index (χ4v) is 5.01. The summed E-state index contributed by atoms with van der Waals surface area (Å²) in [6.45, 7) is 1.98. The summed E-state index contributed by atoms with van der Waals surface area (Å²) in [5.74, 6) is -0.605. The molecule has 0 saturated heterocycles. The van der Waals surface area contributed by atoms with Crippen LogP contribution >= 0.6 is 0 Å². The first kappa shape index (κ1) is 13.5. The summed E-state index contributed by atoms with van der Waals surface area (Å²) in [4.78, 5) is 11.6. The lowest BCUT2D eigenvalue weighted by atomic mass is 9.60. The molecule has 0 aromatic carbocycles. The molecule has 0 amide bonds. The van der Waals surface area contributed by atoms with E-state index in [-0.39, 0.29) is 5.78 Å². The number of aliphatic hydroxyl groups is 2. The lowest BCUT2D eigenvalue weighted by Gasteiger charge is -2.46. The highest BCUT2D eigenvalue weighted by molar-refractivity contribution is 5.93. The molecule has 3 heteroatoms. The number of rotatable bonds is 0. The van der Waals surface area contributed by atoms with E-state index in [4.69, 9.17) is 0 Å². The van der Waals surface area contributed by atoms with Gasteiger partial charge in [0.1, 0.15) is 0 Å². The van der Waals surface area contributed by atoms with E-state index < -0.39 is 11.2 Å². The monoisotopic (exact) mass is 286 g/mol. The van der Waals surface area contributed by atoms with Crippen molar-refractivity contribution in [3.63, 3.8) is 0 Å². The Morgan fingerprint density at radius 2 is 2.00 bits per heavy atom. The van der Waals surface area contributed by atoms with E-state index in [1.807, 2.05) is 19.1 Å². The van der Waals surface area contributed by atoms with Crippen LogP contribution in [0.3, 0.4) is 0 Å². The van der Waals surface area contributed by atoms with E-state index in [2.05, 4.69) is 6.08 Å². The van der Waals surface area contributed by atoms with Gasteiger partial charge in [0, 0.05) is 18.3 Å². The molecule has 112 valence electrons. The van der Waals surface area contributed by atoms with Gasteiger partial charge in [-0.05, 0) is 60.3 Å². The van der Waals surface area contributed by atoms with Gasteiger partial charge in [0.15, 0.2) is 11.6 Å². The maximum absolute atomic E-state index is 11.6. The van der Waals surface area contributed by atoms with Crippen molar-refractivity contribution < 1.29 is 15.0 Å². The predicted octanol–water partition coefficient (Wildman–Crippen LogP) is 2.65. The molecule has 0 aromatic rings. The summed E-state index contributed by atoms with van der Waals surface area (Å²) >= 11 is 0. The van der Waals surface area contributed by atoms with Crippen LogP contribution in [0.1, 0.15) is 45.4 Å². The van der Waals surface area contributed by atoms with Gasteiger partial charge in [-0.1, -0.05) is 19.1 Å². The molecule has 4 aliphatic rings. The maximum atomic E-state index is 11.6. The van der Waals surface area contributed by atoms with Crippen LogP contribution in [0.2, 0.25) is 0 Å². The molecule has 0 unspecified atom stereocenters. The molecule has 0 heterocycles. The van der Waals surface area contributed by atoms with Gasteiger partial charge in [-0.3, -0.25) is 4.79 Å². The number of hydrogen-bond acceptors (Lipinski definition) is 3. The van der Waals surface area contributed by atoms with Crippen molar-refractivity contribution in [3.8, 4) is 0 Å². The van der Waals surface area contributed by atoms with Crippen molar-refractivity contribution in [1.82, 2.24) is 0 Å². The van der Waals surface area contributed by atoms with Gasteiger partial charge >= 0.3 is 0 Å². The second-order valence-electron chi connectivity index (χ2n) is 7.29. The van der Waals surface area contributed by atoms with Crippen molar-refractivity contribution in [2.24, 2.45) is 17.3 Å². The minimum atomic E-state index is -1.58. The molecule has 0 bridgehead atoms. The first-order valence-corrected chi connectivity index (χ1v) is 8.03. The van der Waals surface area contributed by atoms with Gasteiger partial charge in [0.2, 0.25) is 0 Å². The summed E-state index contributed by atoms with van der Waals surface area (Å²) in [6.07, 6.45) is 10.8. The minimum absolute atomic E-state index is 0.253. The van der Waals surface area contributed by atoms with Crippen molar-refractivity contribution in [2.75, 3.05) is 0 Å². The van der Waals surface area contributed by atoms with Gasteiger partial charge in [-0.15, -0.1) is 0 Å². The Morgan fingerprint density at radius 1 is 1.19 bits per heavy atom. The lowest BCUT2D eigenvalue weighted by molar-refractivity contribution is -0.215. The van der Waals surface area contributed by atoms with Crippen molar-refractivity contribution in [1.29, 1.82) is 0 Å². The Balaban J connectivity index is 1.83. The zero-order valence-electron chi connectivity index (χ0n) is 12.4. The SMILES string of the molecule is C[C@]12C=CC3=C4CCC(=O)C=C4CC[C@H]3[C@@H]1CCC2(O)O. The van der Waals surface area contributed by atoms with Crippen LogP contribution in [-0.4, -0.2) is 21.8 Å². The second-order valence-corrected chi connectivity index (χ2v) is 7.29. The Labute approximate surface area is 125 Å². The van der Waals surface area contributed by atoms with Gasteiger partial charge in [0.25, 0.3) is 0 Å². The number of ketones is 1. The van der Waals surface area contributed by atoms with Crippen molar-refractivity contribution >= 4 is 5.78 Å². The molecule has 0 aliphatic heterocycles.